The van der Waals surface area contributed by atoms with Crippen molar-refractivity contribution in [3.63, 3.8) is 0 Å². The standard InChI is InChI=1S/C14H20BrFN2OS/c1-9-5-6-14(9,18-20(19)13(2,3)4)12-11(16)7-10(15)8-17-12/h7-9,18H,5-6H2,1-4H3/t9-,14+,20+/m1/s1. The van der Waals surface area contributed by atoms with E-state index in [1.54, 1.807) is 6.20 Å². The number of halogens is 2. The Balaban J connectivity index is 2.36. The van der Waals surface area contributed by atoms with Crippen molar-refractivity contribution in [1.82, 2.24) is 9.71 Å². The summed E-state index contributed by atoms with van der Waals surface area (Å²) in [4.78, 5) is 4.24. The first kappa shape index (κ1) is 16.2. The zero-order chi connectivity index (χ0) is 15.1. The Morgan fingerprint density at radius 1 is 1.55 bits per heavy atom. The highest BCUT2D eigenvalue weighted by atomic mass is 79.9. The first-order valence-electron chi connectivity index (χ1n) is 6.68. The lowest BCUT2D eigenvalue weighted by atomic mass is 9.66. The van der Waals surface area contributed by atoms with Crippen molar-refractivity contribution in [3.05, 3.63) is 28.2 Å². The maximum Gasteiger partial charge on any atom is 0.147 e. The summed E-state index contributed by atoms with van der Waals surface area (Å²) in [5, 5.41) is 0. The van der Waals surface area contributed by atoms with Crippen LogP contribution < -0.4 is 4.72 Å². The molecule has 20 heavy (non-hydrogen) atoms. The van der Waals surface area contributed by atoms with Crippen LogP contribution in [0.1, 0.15) is 46.2 Å². The number of rotatable bonds is 3. The molecule has 1 heterocycles. The molecule has 1 saturated carbocycles. The zero-order valence-electron chi connectivity index (χ0n) is 12.2. The van der Waals surface area contributed by atoms with Gasteiger partial charge in [0.15, 0.2) is 0 Å². The predicted octanol–water partition coefficient (Wildman–Crippen LogP) is 3.66. The number of hydrogen-bond acceptors (Lipinski definition) is 3. The Labute approximate surface area is 131 Å². The van der Waals surface area contributed by atoms with Crippen LogP contribution in [0, 0.1) is 11.7 Å². The molecule has 1 aromatic rings. The highest BCUT2D eigenvalue weighted by molar-refractivity contribution is 9.10. The van der Waals surface area contributed by atoms with Crippen molar-refractivity contribution in [3.8, 4) is 0 Å². The van der Waals surface area contributed by atoms with Crippen LogP contribution in [0.4, 0.5) is 4.39 Å². The Morgan fingerprint density at radius 3 is 2.60 bits per heavy atom. The average molecular weight is 363 g/mol. The molecule has 6 heteroatoms. The number of aromatic nitrogens is 1. The van der Waals surface area contributed by atoms with E-state index in [0.29, 0.717) is 10.2 Å². The smallest absolute Gasteiger partial charge is 0.147 e. The summed E-state index contributed by atoms with van der Waals surface area (Å²) in [5.41, 5.74) is -0.250. The van der Waals surface area contributed by atoms with Crippen LogP contribution in [-0.2, 0) is 16.9 Å². The topological polar surface area (TPSA) is 48.0 Å². The molecule has 0 unspecified atom stereocenters. The van der Waals surface area contributed by atoms with E-state index in [0.717, 1.165) is 12.8 Å². The molecule has 0 bridgehead atoms. The molecule has 0 amide bonds. The van der Waals surface area contributed by atoms with Gasteiger partial charge < -0.3 is 4.55 Å². The van der Waals surface area contributed by atoms with Crippen LogP contribution in [-0.4, -0.2) is 14.3 Å². The van der Waals surface area contributed by atoms with Gasteiger partial charge in [-0.05, 0) is 61.5 Å². The van der Waals surface area contributed by atoms with E-state index in [-0.39, 0.29) is 11.7 Å². The number of hydrogen-bond donors (Lipinski definition) is 1. The fourth-order valence-electron chi connectivity index (χ4n) is 2.33. The maximum atomic E-state index is 14.3. The fraction of sp³-hybridized carbons (Fsp3) is 0.643. The van der Waals surface area contributed by atoms with Crippen LogP contribution in [0.5, 0.6) is 0 Å². The fourth-order valence-corrected chi connectivity index (χ4v) is 3.68. The van der Waals surface area contributed by atoms with E-state index in [1.807, 2.05) is 27.7 Å². The summed E-state index contributed by atoms with van der Waals surface area (Å²) in [6.45, 7) is 7.75. The van der Waals surface area contributed by atoms with Gasteiger partial charge in [-0.25, -0.2) is 4.39 Å². The third-order valence-corrected chi connectivity index (χ3v) is 5.97. The van der Waals surface area contributed by atoms with Gasteiger partial charge in [0.2, 0.25) is 0 Å². The summed E-state index contributed by atoms with van der Waals surface area (Å²) < 4.78 is 30.0. The highest BCUT2D eigenvalue weighted by Crippen LogP contribution is 2.47. The molecular weight excluding hydrogens is 343 g/mol. The first-order valence-corrected chi connectivity index (χ1v) is 8.62. The third kappa shape index (κ3) is 2.89. The predicted molar refractivity (Wildman–Crippen MR) is 83.0 cm³/mol. The average Bonchev–Trinajstić information content (AvgIpc) is 2.33. The van der Waals surface area contributed by atoms with Crippen LogP contribution >= 0.6 is 15.9 Å². The second-order valence-corrected chi connectivity index (χ2v) is 9.26. The van der Waals surface area contributed by atoms with Crippen LogP contribution in [0.2, 0.25) is 0 Å². The number of nitrogens with one attached hydrogen (secondary N) is 1. The molecule has 1 aromatic heterocycles. The Morgan fingerprint density at radius 2 is 2.20 bits per heavy atom. The summed E-state index contributed by atoms with van der Waals surface area (Å²) >= 11 is 1.96. The highest BCUT2D eigenvalue weighted by Gasteiger charge is 2.52. The quantitative estimate of drug-likeness (QED) is 0.834. The maximum absolute atomic E-state index is 14.3. The van der Waals surface area contributed by atoms with Gasteiger partial charge in [0.1, 0.15) is 21.8 Å². The Hall–Kier alpha value is -0.170. The molecule has 0 saturated heterocycles. The molecule has 1 N–H and O–H groups in total. The van der Waals surface area contributed by atoms with Crippen LogP contribution in [0.3, 0.4) is 0 Å². The minimum atomic E-state index is -1.26. The SMILES string of the molecule is C[C@@H]1CC[C@@]1(N[S@@+]([O-])C(C)(C)C)c1ncc(Br)cc1F. The lowest BCUT2D eigenvalue weighted by molar-refractivity contribution is 0.112. The van der Waals surface area contributed by atoms with Crippen molar-refractivity contribution in [1.29, 1.82) is 0 Å². The number of nitrogens with zero attached hydrogens (tertiary/aromatic N) is 1. The lowest BCUT2D eigenvalue weighted by Gasteiger charge is -2.48. The van der Waals surface area contributed by atoms with Crippen molar-refractivity contribution in [2.24, 2.45) is 5.92 Å². The lowest BCUT2D eigenvalue weighted by Crippen LogP contribution is -2.60. The van der Waals surface area contributed by atoms with Gasteiger partial charge in [0.25, 0.3) is 0 Å². The molecule has 0 aromatic carbocycles. The van der Waals surface area contributed by atoms with Gasteiger partial charge in [0.05, 0.1) is 0 Å². The summed E-state index contributed by atoms with van der Waals surface area (Å²) in [6.07, 6.45) is 3.32. The summed E-state index contributed by atoms with van der Waals surface area (Å²) in [5.74, 6) is -0.152. The molecule has 2 rings (SSSR count). The van der Waals surface area contributed by atoms with Crippen molar-refractivity contribution in [2.75, 3.05) is 0 Å². The van der Waals surface area contributed by atoms with Crippen molar-refractivity contribution >= 4 is 27.3 Å². The minimum absolute atomic E-state index is 0.206. The molecular formula is C14H20BrFN2OS. The Kier molecular flexibility index (Phi) is 4.50. The molecule has 0 radical (unpaired) electrons. The van der Waals surface area contributed by atoms with Gasteiger partial charge in [0, 0.05) is 22.0 Å². The molecule has 1 aliphatic rings. The van der Waals surface area contributed by atoms with Gasteiger partial charge >= 0.3 is 0 Å². The molecule has 1 fully saturated rings. The van der Waals surface area contributed by atoms with Gasteiger partial charge in [-0.1, -0.05) is 6.92 Å². The summed E-state index contributed by atoms with van der Waals surface area (Å²) in [6, 6.07) is 1.41. The van der Waals surface area contributed by atoms with Crippen LogP contribution in [0.15, 0.2) is 16.7 Å². The zero-order valence-corrected chi connectivity index (χ0v) is 14.6. The second-order valence-electron chi connectivity index (χ2n) is 6.38. The van der Waals surface area contributed by atoms with Crippen LogP contribution in [0.25, 0.3) is 0 Å². The summed E-state index contributed by atoms with van der Waals surface area (Å²) in [7, 11) is 0. The second kappa shape index (κ2) is 5.55. The van der Waals surface area contributed by atoms with E-state index < -0.39 is 21.6 Å². The normalized spacial score (nSPS) is 28.1. The molecule has 1 aliphatic carbocycles. The van der Waals surface area contributed by atoms with Gasteiger partial charge in [-0.15, -0.1) is 4.72 Å². The van der Waals surface area contributed by atoms with Crippen molar-refractivity contribution < 1.29 is 8.94 Å². The van der Waals surface area contributed by atoms with E-state index in [9.17, 15) is 8.94 Å². The molecule has 0 aliphatic heterocycles. The van der Waals surface area contributed by atoms with E-state index in [2.05, 4.69) is 25.6 Å². The Bertz CT molecular complexity index is 508. The number of pyridine rings is 1. The van der Waals surface area contributed by atoms with E-state index in [1.165, 1.54) is 6.07 Å². The molecule has 3 nitrogen and oxygen atoms in total. The van der Waals surface area contributed by atoms with E-state index >= 15 is 0 Å². The molecule has 0 spiro atoms. The van der Waals surface area contributed by atoms with Crippen molar-refractivity contribution in [2.45, 2.75) is 50.8 Å². The van der Waals surface area contributed by atoms with Gasteiger partial charge in [-0.3, -0.25) is 4.98 Å². The van der Waals surface area contributed by atoms with Gasteiger partial charge in [-0.2, -0.15) is 0 Å². The minimum Gasteiger partial charge on any atom is -0.598 e. The first-order chi connectivity index (χ1) is 9.17. The third-order valence-electron chi connectivity index (χ3n) is 3.87. The largest absolute Gasteiger partial charge is 0.598 e. The molecule has 112 valence electrons. The molecule has 3 atom stereocenters. The monoisotopic (exact) mass is 362 g/mol. The van der Waals surface area contributed by atoms with E-state index in [4.69, 9.17) is 0 Å².